The van der Waals surface area contributed by atoms with Crippen molar-refractivity contribution in [1.29, 1.82) is 0 Å². The second-order valence-electron chi connectivity index (χ2n) is 5.65. The maximum absolute atomic E-state index is 5.66. The maximum atomic E-state index is 5.66. The third-order valence-electron chi connectivity index (χ3n) is 3.97. The summed E-state index contributed by atoms with van der Waals surface area (Å²) in [4.78, 5) is 2.10. The van der Waals surface area contributed by atoms with Gasteiger partial charge >= 0.3 is 0 Å². The smallest absolute Gasteiger partial charge is 0.173 e. The number of rotatable bonds is 5. The molecular weight excluding hydrogens is 336 g/mol. The van der Waals surface area contributed by atoms with E-state index in [0.29, 0.717) is 24.9 Å². The van der Waals surface area contributed by atoms with Crippen molar-refractivity contribution < 1.29 is 14.2 Å². The molecule has 2 aromatic carbocycles. The van der Waals surface area contributed by atoms with Crippen molar-refractivity contribution in [2.24, 2.45) is 0 Å². The number of anilines is 1. The zero-order valence-corrected chi connectivity index (χ0v) is 15.3. The quantitative estimate of drug-likeness (QED) is 0.823. The average molecular weight is 358 g/mol. The Balaban J connectivity index is 1.68. The highest BCUT2D eigenvalue weighted by molar-refractivity contribution is 7.80. The lowest BCUT2D eigenvalue weighted by Crippen LogP contribution is -2.34. The number of thiocarbonyl (C=S) groups is 1. The van der Waals surface area contributed by atoms with Gasteiger partial charge in [-0.05, 0) is 49.0 Å². The Morgan fingerprint density at radius 2 is 1.96 bits per heavy atom. The van der Waals surface area contributed by atoms with E-state index < -0.39 is 0 Å². The molecular formula is C19H22N2O3S. The topological polar surface area (TPSA) is 43.0 Å². The highest BCUT2D eigenvalue weighted by Gasteiger charge is 2.14. The minimum atomic E-state index is 0.587. The Morgan fingerprint density at radius 3 is 2.72 bits per heavy atom. The molecule has 0 radical (unpaired) electrons. The molecule has 0 fully saturated rings. The van der Waals surface area contributed by atoms with E-state index in [9.17, 15) is 0 Å². The minimum Gasteiger partial charge on any atom is -0.497 e. The Morgan fingerprint density at radius 1 is 1.16 bits per heavy atom. The minimum absolute atomic E-state index is 0.587. The molecule has 2 aromatic rings. The molecule has 0 atom stereocenters. The van der Waals surface area contributed by atoms with E-state index in [1.54, 1.807) is 7.11 Å². The third kappa shape index (κ3) is 4.33. The highest BCUT2D eigenvalue weighted by Crippen LogP contribution is 2.31. The van der Waals surface area contributed by atoms with E-state index in [-0.39, 0.29) is 0 Å². The fraction of sp³-hybridized carbons (Fsp3) is 0.316. The molecule has 0 saturated heterocycles. The summed E-state index contributed by atoms with van der Waals surface area (Å²) < 4.78 is 16.5. The zero-order valence-electron chi connectivity index (χ0n) is 14.5. The van der Waals surface area contributed by atoms with Gasteiger partial charge in [-0.25, -0.2) is 0 Å². The Kier molecular flexibility index (Phi) is 5.60. The number of ether oxygens (including phenoxy) is 3. The predicted molar refractivity (Wildman–Crippen MR) is 103 cm³/mol. The first-order chi connectivity index (χ1) is 12.2. The van der Waals surface area contributed by atoms with Crippen LogP contribution in [0, 0.1) is 0 Å². The van der Waals surface area contributed by atoms with Gasteiger partial charge in [0.15, 0.2) is 16.6 Å². The number of hydrogen-bond acceptors (Lipinski definition) is 4. The van der Waals surface area contributed by atoms with Crippen LogP contribution in [0.15, 0.2) is 42.5 Å². The number of methoxy groups -OCH3 is 1. The van der Waals surface area contributed by atoms with Gasteiger partial charge in [0.05, 0.1) is 7.11 Å². The van der Waals surface area contributed by atoms with Crippen LogP contribution in [0.2, 0.25) is 0 Å². The third-order valence-corrected chi connectivity index (χ3v) is 4.33. The summed E-state index contributed by atoms with van der Waals surface area (Å²) in [5.41, 5.74) is 2.03. The van der Waals surface area contributed by atoms with Crippen molar-refractivity contribution in [2.75, 3.05) is 32.2 Å². The standard InChI is InChI=1S/C19H22N2O3S/c1-3-21(19(25)20-15-5-4-6-16(12-15)22-2)13-14-7-8-17-18(11-14)24-10-9-23-17/h4-8,11-12H,3,9-10,13H2,1-2H3,(H,20,25). The van der Waals surface area contributed by atoms with Crippen LogP contribution in [-0.2, 0) is 6.54 Å². The molecule has 0 bridgehead atoms. The van der Waals surface area contributed by atoms with E-state index in [0.717, 1.165) is 35.0 Å². The highest BCUT2D eigenvalue weighted by atomic mass is 32.1. The van der Waals surface area contributed by atoms with Crippen LogP contribution in [0.5, 0.6) is 17.2 Å². The van der Waals surface area contributed by atoms with Gasteiger partial charge in [0, 0.05) is 24.8 Å². The van der Waals surface area contributed by atoms with Crippen molar-refractivity contribution in [3.05, 3.63) is 48.0 Å². The lowest BCUT2D eigenvalue weighted by atomic mass is 10.2. The van der Waals surface area contributed by atoms with Gasteiger partial charge in [0.2, 0.25) is 0 Å². The van der Waals surface area contributed by atoms with Crippen LogP contribution >= 0.6 is 12.2 Å². The van der Waals surface area contributed by atoms with Crippen LogP contribution in [0.25, 0.3) is 0 Å². The predicted octanol–water partition coefficient (Wildman–Crippen LogP) is 3.69. The zero-order chi connectivity index (χ0) is 17.6. The van der Waals surface area contributed by atoms with Gasteiger partial charge in [-0.2, -0.15) is 0 Å². The normalized spacial score (nSPS) is 12.4. The van der Waals surface area contributed by atoms with Gasteiger partial charge in [-0.15, -0.1) is 0 Å². The molecule has 1 aliphatic rings. The Bertz CT molecular complexity index is 751. The number of nitrogens with one attached hydrogen (secondary N) is 1. The summed E-state index contributed by atoms with van der Waals surface area (Å²) in [6, 6.07) is 13.7. The second-order valence-corrected chi connectivity index (χ2v) is 6.04. The Labute approximate surface area is 153 Å². The first-order valence-corrected chi connectivity index (χ1v) is 8.69. The fourth-order valence-electron chi connectivity index (χ4n) is 2.64. The summed E-state index contributed by atoms with van der Waals surface area (Å²) in [5.74, 6) is 2.39. The van der Waals surface area contributed by atoms with Crippen molar-refractivity contribution in [3.63, 3.8) is 0 Å². The van der Waals surface area contributed by atoms with Crippen LogP contribution in [0.1, 0.15) is 12.5 Å². The molecule has 3 rings (SSSR count). The van der Waals surface area contributed by atoms with E-state index in [1.807, 2.05) is 42.5 Å². The van der Waals surface area contributed by atoms with Crippen molar-refractivity contribution in [1.82, 2.24) is 4.90 Å². The first-order valence-electron chi connectivity index (χ1n) is 8.28. The van der Waals surface area contributed by atoms with Gasteiger partial charge in [-0.1, -0.05) is 12.1 Å². The molecule has 0 aliphatic carbocycles. The lowest BCUT2D eigenvalue weighted by Gasteiger charge is -2.25. The molecule has 1 N–H and O–H groups in total. The van der Waals surface area contributed by atoms with Crippen molar-refractivity contribution in [2.45, 2.75) is 13.5 Å². The summed E-state index contributed by atoms with van der Waals surface area (Å²) in [5, 5.41) is 3.94. The molecule has 0 unspecified atom stereocenters. The molecule has 0 saturated carbocycles. The molecule has 0 aromatic heterocycles. The average Bonchev–Trinajstić information content (AvgIpc) is 2.66. The van der Waals surface area contributed by atoms with Gasteiger partial charge in [-0.3, -0.25) is 0 Å². The van der Waals surface area contributed by atoms with Gasteiger partial charge in [0.25, 0.3) is 0 Å². The maximum Gasteiger partial charge on any atom is 0.173 e. The molecule has 5 nitrogen and oxygen atoms in total. The Hall–Kier alpha value is -2.47. The van der Waals surface area contributed by atoms with E-state index in [4.69, 9.17) is 26.4 Å². The van der Waals surface area contributed by atoms with Gasteiger partial charge < -0.3 is 24.4 Å². The number of hydrogen-bond donors (Lipinski definition) is 1. The largest absolute Gasteiger partial charge is 0.497 e. The molecule has 132 valence electrons. The molecule has 0 amide bonds. The van der Waals surface area contributed by atoms with Gasteiger partial charge in [0.1, 0.15) is 19.0 Å². The summed E-state index contributed by atoms with van der Waals surface area (Å²) in [7, 11) is 1.65. The van der Waals surface area contributed by atoms with Crippen molar-refractivity contribution in [3.8, 4) is 17.2 Å². The van der Waals surface area contributed by atoms with E-state index >= 15 is 0 Å². The van der Waals surface area contributed by atoms with E-state index in [1.165, 1.54) is 0 Å². The summed E-state index contributed by atoms with van der Waals surface area (Å²) >= 11 is 5.57. The summed E-state index contributed by atoms with van der Waals surface area (Å²) in [6.45, 7) is 4.76. The molecule has 1 heterocycles. The monoisotopic (exact) mass is 358 g/mol. The SMILES string of the molecule is CCN(Cc1ccc2c(c1)OCCO2)C(=S)Nc1cccc(OC)c1. The number of fused-ring (bicyclic) bond motifs is 1. The molecule has 25 heavy (non-hydrogen) atoms. The molecule has 0 spiro atoms. The lowest BCUT2D eigenvalue weighted by molar-refractivity contribution is 0.171. The number of nitrogens with zero attached hydrogens (tertiary/aromatic N) is 1. The van der Waals surface area contributed by atoms with E-state index in [2.05, 4.69) is 17.1 Å². The fourth-order valence-corrected chi connectivity index (χ4v) is 2.95. The van der Waals surface area contributed by atoms with Crippen LogP contribution < -0.4 is 19.5 Å². The van der Waals surface area contributed by atoms with Crippen molar-refractivity contribution >= 4 is 23.0 Å². The second kappa shape index (κ2) is 8.07. The molecule has 6 heteroatoms. The van der Waals surface area contributed by atoms with Crippen LogP contribution in [0.4, 0.5) is 5.69 Å². The molecule has 1 aliphatic heterocycles. The first kappa shape index (κ1) is 17.4. The summed E-state index contributed by atoms with van der Waals surface area (Å²) in [6.07, 6.45) is 0. The van der Waals surface area contributed by atoms with Crippen LogP contribution in [-0.4, -0.2) is 36.9 Å². The van der Waals surface area contributed by atoms with Crippen LogP contribution in [0.3, 0.4) is 0 Å². The number of benzene rings is 2.